The van der Waals surface area contributed by atoms with Crippen LogP contribution >= 0.6 is 0 Å². The Morgan fingerprint density at radius 1 is 1.22 bits per heavy atom. The third-order valence-corrected chi connectivity index (χ3v) is 4.81. The minimum atomic E-state index is -0.147. The molecule has 3 aromatic rings. The summed E-state index contributed by atoms with van der Waals surface area (Å²) in [6.45, 7) is 3.54. The highest BCUT2D eigenvalue weighted by Crippen LogP contribution is 2.17. The number of nitrogens with one attached hydrogen (secondary N) is 2. The predicted molar refractivity (Wildman–Crippen MR) is 102 cm³/mol. The first-order valence-electron chi connectivity index (χ1n) is 9.44. The maximum Gasteiger partial charge on any atom is 0.251 e. The summed E-state index contributed by atoms with van der Waals surface area (Å²) in [6, 6.07) is 5.30. The summed E-state index contributed by atoms with van der Waals surface area (Å²) in [5.74, 6) is 3.32. The lowest BCUT2D eigenvalue weighted by molar-refractivity contribution is 0.610. The lowest BCUT2D eigenvalue weighted by Crippen LogP contribution is -2.11. The summed E-state index contributed by atoms with van der Waals surface area (Å²) in [5, 5.41) is 11.9. The minimum absolute atomic E-state index is 0.147. The van der Waals surface area contributed by atoms with Gasteiger partial charge in [0, 0.05) is 36.5 Å². The molecule has 0 saturated carbocycles. The molecule has 140 valence electrons. The topological polar surface area (TPSA) is 101 Å². The second-order valence-electron chi connectivity index (χ2n) is 6.72. The summed E-state index contributed by atoms with van der Waals surface area (Å²) in [7, 11) is 0. The van der Waals surface area contributed by atoms with Crippen LogP contribution < -0.4 is 10.9 Å². The normalized spacial score (nSPS) is 13.8. The molecule has 1 aliphatic heterocycles. The quantitative estimate of drug-likeness (QED) is 0.719. The fourth-order valence-electron chi connectivity index (χ4n) is 3.31. The van der Waals surface area contributed by atoms with E-state index in [4.69, 9.17) is 0 Å². The Labute approximate surface area is 157 Å². The van der Waals surface area contributed by atoms with Crippen LogP contribution in [0.5, 0.6) is 0 Å². The van der Waals surface area contributed by atoms with Crippen molar-refractivity contribution in [2.75, 3.05) is 5.32 Å². The third-order valence-electron chi connectivity index (χ3n) is 4.81. The van der Waals surface area contributed by atoms with Crippen LogP contribution in [0.1, 0.15) is 43.5 Å². The maximum atomic E-state index is 11.7. The van der Waals surface area contributed by atoms with Gasteiger partial charge in [0.2, 0.25) is 0 Å². The van der Waals surface area contributed by atoms with Crippen molar-refractivity contribution in [3.8, 4) is 11.4 Å². The molecule has 8 nitrogen and oxygen atoms in total. The van der Waals surface area contributed by atoms with Gasteiger partial charge in [-0.2, -0.15) is 0 Å². The van der Waals surface area contributed by atoms with Crippen molar-refractivity contribution in [2.45, 2.75) is 52.1 Å². The fraction of sp³-hybridized carbons (Fsp3) is 0.421. The Morgan fingerprint density at radius 2 is 2.15 bits per heavy atom. The maximum absolute atomic E-state index is 11.7. The number of aryl methyl sites for hydroxylation is 2. The molecule has 0 unspecified atom stereocenters. The molecule has 27 heavy (non-hydrogen) atoms. The molecule has 0 amide bonds. The molecule has 0 radical (unpaired) electrons. The van der Waals surface area contributed by atoms with Gasteiger partial charge in [0.05, 0.1) is 6.54 Å². The average molecular weight is 365 g/mol. The third kappa shape index (κ3) is 3.89. The van der Waals surface area contributed by atoms with Gasteiger partial charge in [-0.25, -0.2) is 9.97 Å². The van der Waals surface area contributed by atoms with Crippen LogP contribution in [0.3, 0.4) is 0 Å². The standard InChI is InChI=1S/C19H23N7O/c1-2-14-10-18(27)23-19(22-14)13-7-8-15(20-11-13)21-12-17-25-24-16-6-4-3-5-9-26(16)17/h7-8,10-11H,2-6,9,12H2,1H3,(H,20,21)(H,22,23,27). The summed E-state index contributed by atoms with van der Waals surface area (Å²) in [4.78, 5) is 23.4. The zero-order chi connectivity index (χ0) is 18.6. The number of hydrogen-bond acceptors (Lipinski definition) is 6. The highest BCUT2D eigenvalue weighted by atomic mass is 16.1. The second-order valence-corrected chi connectivity index (χ2v) is 6.72. The van der Waals surface area contributed by atoms with Gasteiger partial charge in [-0.3, -0.25) is 4.79 Å². The lowest BCUT2D eigenvalue weighted by Gasteiger charge is -2.09. The van der Waals surface area contributed by atoms with Gasteiger partial charge in [0.15, 0.2) is 5.82 Å². The number of fused-ring (bicyclic) bond motifs is 1. The number of anilines is 1. The van der Waals surface area contributed by atoms with Crippen molar-refractivity contribution >= 4 is 5.82 Å². The van der Waals surface area contributed by atoms with Crippen LogP contribution in [-0.2, 0) is 25.9 Å². The number of rotatable bonds is 5. The molecular weight excluding hydrogens is 342 g/mol. The van der Waals surface area contributed by atoms with Gasteiger partial charge >= 0.3 is 0 Å². The summed E-state index contributed by atoms with van der Waals surface area (Å²) >= 11 is 0. The molecule has 2 N–H and O–H groups in total. The van der Waals surface area contributed by atoms with Crippen molar-refractivity contribution in [3.63, 3.8) is 0 Å². The molecule has 0 aromatic carbocycles. The molecule has 0 bridgehead atoms. The molecule has 1 aliphatic rings. The molecule has 3 aromatic heterocycles. The Kier molecular flexibility index (Phi) is 4.95. The van der Waals surface area contributed by atoms with Crippen molar-refractivity contribution < 1.29 is 0 Å². The molecule has 8 heteroatoms. The number of hydrogen-bond donors (Lipinski definition) is 2. The first-order valence-corrected chi connectivity index (χ1v) is 9.44. The molecule has 0 fully saturated rings. The molecule has 4 rings (SSSR count). The van der Waals surface area contributed by atoms with Gasteiger partial charge in [0.25, 0.3) is 5.56 Å². The van der Waals surface area contributed by atoms with Crippen LogP contribution in [-0.4, -0.2) is 29.7 Å². The molecular formula is C19H23N7O. The van der Waals surface area contributed by atoms with Crippen LogP contribution in [0.25, 0.3) is 11.4 Å². The minimum Gasteiger partial charge on any atom is -0.363 e. The molecule has 0 spiro atoms. The van der Waals surface area contributed by atoms with E-state index in [9.17, 15) is 4.79 Å². The highest BCUT2D eigenvalue weighted by molar-refractivity contribution is 5.55. The monoisotopic (exact) mass is 365 g/mol. The van der Waals surface area contributed by atoms with E-state index in [1.165, 1.54) is 25.3 Å². The number of pyridine rings is 1. The van der Waals surface area contributed by atoms with E-state index >= 15 is 0 Å². The number of aromatic nitrogens is 6. The predicted octanol–water partition coefficient (Wildman–Crippen LogP) is 2.32. The second kappa shape index (κ2) is 7.69. The van der Waals surface area contributed by atoms with Gasteiger partial charge in [-0.15, -0.1) is 10.2 Å². The molecule has 4 heterocycles. The van der Waals surface area contributed by atoms with Crippen molar-refractivity contribution in [2.24, 2.45) is 0 Å². The van der Waals surface area contributed by atoms with Crippen LogP contribution in [0.4, 0.5) is 5.82 Å². The van der Waals surface area contributed by atoms with Gasteiger partial charge < -0.3 is 14.9 Å². The summed E-state index contributed by atoms with van der Waals surface area (Å²) in [5.41, 5.74) is 1.40. The van der Waals surface area contributed by atoms with Crippen LogP contribution in [0, 0.1) is 0 Å². The van der Waals surface area contributed by atoms with Gasteiger partial charge in [0.1, 0.15) is 17.5 Å². The van der Waals surface area contributed by atoms with Crippen molar-refractivity contribution in [1.82, 2.24) is 29.7 Å². The Hall–Kier alpha value is -3.03. The molecule has 0 atom stereocenters. The largest absolute Gasteiger partial charge is 0.363 e. The Bertz CT molecular complexity index is 974. The van der Waals surface area contributed by atoms with Gasteiger partial charge in [-0.05, 0) is 31.4 Å². The zero-order valence-electron chi connectivity index (χ0n) is 15.4. The number of H-pyrrole nitrogens is 1. The van der Waals surface area contributed by atoms with E-state index in [1.54, 1.807) is 6.20 Å². The van der Waals surface area contributed by atoms with Crippen LogP contribution in [0.15, 0.2) is 29.2 Å². The Morgan fingerprint density at radius 3 is 2.96 bits per heavy atom. The fourth-order valence-corrected chi connectivity index (χ4v) is 3.31. The summed E-state index contributed by atoms with van der Waals surface area (Å²) < 4.78 is 2.22. The van der Waals surface area contributed by atoms with E-state index in [-0.39, 0.29) is 5.56 Å². The van der Waals surface area contributed by atoms with Crippen molar-refractivity contribution in [1.29, 1.82) is 0 Å². The van der Waals surface area contributed by atoms with E-state index in [0.29, 0.717) is 18.8 Å². The molecule has 0 saturated heterocycles. The van der Waals surface area contributed by atoms with E-state index < -0.39 is 0 Å². The van der Waals surface area contributed by atoms with Gasteiger partial charge in [-0.1, -0.05) is 13.3 Å². The van der Waals surface area contributed by atoms with E-state index in [1.807, 2.05) is 19.1 Å². The smallest absolute Gasteiger partial charge is 0.251 e. The first-order chi connectivity index (χ1) is 13.2. The SMILES string of the molecule is CCc1cc(=O)[nH]c(-c2ccc(NCc3nnc4n3CCCCC4)nc2)n1. The zero-order valence-corrected chi connectivity index (χ0v) is 15.4. The number of aromatic amines is 1. The Balaban J connectivity index is 1.47. The first kappa shape index (κ1) is 17.4. The number of nitrogens with zero attached hydrogens (tertiary/aromatic N) is 5. The van der Waals surface area contributed by atoms with E-state index in [0.717, 1.165) is 41.7 Å². The van der Waals surface area contributed by atoms with Crippen LogP contribution in [0.2, 0.25) is 0 Å². The highest BCUT2D eigenvalue weighted by Gasteiger charge is 2.14. The van der Waals surface area contributed by atoms with Crippen molar-refractivity contribution in [3.05, 3.63) is 52.1 Å². The van der Waals surface area contributed by atoms with E-state index in [2.05, 4.69) is 35.0 Å². The lowest BCUT2D eigenvalue weighted by atomic mass is 10.2. The average Bonchev–Trinajstić information content (AvgIpc) is 2.92. The molecule has 0 aliphatic carbocycles. The summed E-state index contributed by atoms with van der Waals surface area (Å²) in [6.07, 6.45) is 7.03.